The summed E-state index contributed by atoms with van der Waals surface area (Å²) in [6.45, 7) is 4.33. The number of nitrogens with two attached hydrogens (primary N) is 1. The van der Waals surface area contributed by atoms with Crippen molar-refractivity contribution in [3.8, 4) is 0 Å². The van der Waals surface area contributed by atoms with Crippen LogP contribution in [0.25, 0.3) is 11.2 Å². The Labute approximate surface area is 107 Å². The maximum absolute atomic E-state index is 6.10. The van der Waals surface area contributed by atoms with Crippen molar-refractivity contribution in [2.75, 3.05) is 5.73 Å². The van der Waals surface area contributed by atoms with Gasteiger partial charge >= 0.3 is 0 Å². The van der Waals surface area contributed by atoms with Crippen LogP contribution in [0.1, 0.15) is 44.8 Å². The SMILES string of the molecule is CCc1nn(C)c2c1nc(N)n2C(C)CC1CC1. The molecule has 2 heterocycles. The van der Waals surface area contributed by atoms with Crippen LogP contribution in [0, 0.1) is 5.92 Å². The van der Waals surface area contributed by atoms with Gasteiger partial charge in [-0.05, 0) is 25.7 Å². The van der Waals surface area contributed by atoms with Crippen LogP contribution >= 0.6 is 0 Å². The summed E-state index contributed by atoms with van der Waals surface area (Å²) in [7, 11) is 1.98. The van der Waals surface area contributed by atoms with Gasteiger partial charge in [-0.15, -0.1) is 0 Å². The molecule has 1 aliphatic rings. The van der Waals surface area contributed by atoms with Crippen LogP contribution in [0.3, 0.4) is 0 Å². The molecule has 1 saturated carbocycles. The average molecular weight is 247 g/mol. The van der Waals surface area contributed by atoms with Crippen LogP contribution in [0.15, 0.2) is 0 Å². The Morgan fingerprint density at radius 3 is 2.78 bits per heavy atom. The highest BCUT2D eigenvalue weighted by atomic mass is 15.4. The summed E-state index contributed by atoms with van der Waals surface area (Å²) < 4.78 is 4.07. The summed E-state index contributed by atoms with van der Waals surface area (Å²) >= 11 is 0. The van der Waals surface area contributed by atoms with Crippen molar-refractivity contribution in [2.45, 2.75) is 45.6 Å². The summed E-state index contributed by atoms with van der Waals surface area (Å²) in [4.78, 5) is 4.51. The molecule has 1 unspecified atom stereocenters. The van der Waals surface area contributed by atoms with E-state index in [-0.39, 0.29) is 0 Å². The van der Waals surface area contributed by atoms with Gasteiger partial charge in [0.05, 0.1) is 5.69 Å². The molecule has 1 aliphatic carbocycles. The Balaban J connectivity index is 2.08. The minimum Gasteiger partial charge on any atom is -0.369 e. The van der Waals surface area contributed by atoms with Crippen LogP contribution < -0.4 is 5.73 Å². The lowest BCUT2D eigenvalue weighted by molar-refractivity contribution is 0.484. The number of nitrogen functional groups attached to an aromatic ring is 1. The zero-order valence-corrected chi connectivity index (χ0v) is 11.3. The predicted octanol–water partition coefficient (Wildman–Crippen LogP) is 2.28. The minimum absolute atomic E-state index is 0.405. The molecule has 5 nitrogen and oxygen atoms in total. The van der Waals surface area contributed by atoms with E-state index in [9.17, 15) is 0 Å². The van der Waals surface area contributed by atoms with E-state index in [1.54, 1.807) is 0 Å². The number of fused-ring (bicyclic) bond motifs is 1. The largest absolute Gasteiger partial charge is 0.369 e. The second-order valence-electron chi connectivity index (χ2n) is 5.46. The highest BCUT2D eigenvalue weighted by molar-refractivity contribution is 5.78. The van der Waals surface area contributed by atoms with Crippen LogP contribution in [0.4, 0.5) is 5.95 Å². The third-order valence-corrected chi connectivity index (χ3v) is 3.91. The smallest absolute Gasteiger partial charge is 0.202 e. The zero-order valence-electron chi connectivity index (χ0n) is 11.3. The predicted molar refractivity (Wildman–Crippen MR) is 72.3 cm³/mol. The molecule has 0 radical (unpaired) electrons. The molecule has 5 heteroatoms. The third-order valence-electron chi connectivity index (χ3n) is 3.91. The summed E-state index contributed by atoms with van der Waals surface area (Å²) in [6, 6.07) is 0.405. The number of aromatic nitrogens is 4. The van der Waals surface area contributed by atoms with Gasteiger partial charge in [-0.3, -0.25) is 9.25 Å². The lowest BCUT2D eigenvalue weighted by Crippen LogP contribution is -2.12. The Kier molecular flexibility index (Phi) is 2.57. The Morgan fingerprint density at radius 1 is 1.44 bits per heavy atom. The van der Waals surface area contributed by atoms with Crippen LogP contribution in [0.2, 0.25) is 0 Å². The van der Waals surface area contributed by atoms with Crippen molar-refractivity contribution >= 4 is 17.1 Å². The van der Waals surface area contributed by atoms with Gasteiger partial charge in [-0.1, -0.05) is 19.8 Å². The van der Waals surface area contributed by atoms with E-state index in [4.69, 9.17) is 5.73 Å². The highest BCUT2D eigenvalue weighted by Crippen LogP contribution is 2.38. The van der Waals surface area contributed by atoms with Gasteiger partial charge in [-0.25, -0.2) is 4.98 Å². The summed E-state index contributed by atoms with van der Waals surface area (Å²) in [6.07, 6.45) is 4.83. The monoisotopic (exact) mass is 247 g/mol. The second kappa shape index (κ2) is 4.00. The molecule has 1 fully saturated rings. The Hall–Kier alpha value is -1.52. The molecule has 2 aromatic rings. The number of hydrogen-bond donors (Lipinski definition) is 1. The summed E-state index contributed by atoms with van der Waals surface area (Å²) in [5, 5.41) is 4.52. The van der Waals surface area contributed by atoms with E-state index in [1.165, 1.54) is 19.3 Å². The maximum atomic E-state index is 6.10. The molecule has 3 rings (SSSR count). The molecule has 0 aromatic carbocycles. The molecular formula is C13H21N5. The Bertz CT molecular complexity index is 576. The Morgan fingerprint density at radius 2 is 2.17 bits per heavy atom. The quantitative estimate of drug-likeness (QED) is 0.901. The van der Waals surface area contributed by atoms with Gasteiger partial charge in [0, 0.05) is 13.1 Å². The molecular weight excluding hydrogens is 226 g/mol. The molecule has 98 valence electrons. The maximum Gasteiger partial charge on any atom is 0.202 e. The number of nitrogens with zero attached hydrogens (tertiary/aromatic N) is 4. The number of aryl methyl sites for hydroxylation is 2. The molecule has 0 saturated heterocycles. The van der Waals surface area contributed by atoms with Gasteiger partial charge < -0.3 is 5.73 Å². The number of imidazole rings is 1. The fourth-order valence-electron chi connectivity index (χ4n) is 2.83. The summed E-state index contributed by atoms with van der Waals surface area (Å²) in [5.74, 6) is 1.51. The first-order valence-electron chi connectivity index (χ1n) is 6.81. The average Bonchev–Trinajstić information content (AvgIpc) is 2.99. The minimum atomic E-state index is 0.405. The van der Waals surface area contributed by atoms with E-state index in [0.29, 0.717) is 12.0 Å². The zero-order chi connectivity index (χ0) is 12.9. The molecule has 0 bridgehead atoms. The van der Waals surface area contributed by atoms with Gasteiger partial charge in [0.2, 0.25) is 5.95 Å². The first-order valence-corrected chi connectivity index (χ1v) is 6.81. The van der Waals surface area contributed by atoms with Crippen molar-refractivity contribution in [2.24, 2.45) is 13.0 Å². The van der Waals surface area contributed by atoms with Crippen LogP contribution in [-0.4, -0.2) is 19.3 Å². The van der Waals surface area contributed by atoms with Crippen molar-refractivity contribution in [1.29, 1.82) is 0 Å². The molecule has 0 aliphatic heterocycles. The normalized spacial score (nSPS) is 17.5. The molecule has 0 spiro atoms. The highest BCUT2D eigenvalue weighted by Gasteiger charge is 2.27. The summed E-state index contributed by atoms with van der Waals surface area (Å²) in [5.41, 5.74) is 9.18. The molecule has 1 atom stereocenters. The first kappa shape index (κ1) is 11.6. The van der Waals surface area contributed by atoms with E-state index in [1.807, 2.05) is 11.7 Å². The van der Waals surface area contributed by atoms with Crippen molar-refractivity contribution < 1.29 is 0 Å². The number of rotatable bonds is 4. The van der Waals surface area contributed by atoms with Gasteiger partial charge in [0.15, 0.2) is 5.65 Å². The van der Waals surface area contributed by atoms with Crippen molar-refractivity contribution in [1.82, 2.24) is 19.3 Å². The molecule has 18 heavy (non-hydrogen) atoms. The van der Waals surface area contributed by atoms with Gasteiger partial charge in [-0.2, -0.15) is 5.10 Å². The molecule has 0 amide bonds. The topological polar surface area (TPSA) is 61.7 Å². The lowest BCUT2D eigenvalue weighted by Gasteiger charge is -2.15. The van der Waals surface area contributed by atoms with E-state index < -0.39 is 0 Å². The van der Waals surface area contributed by atoms with Crippen LogP contribution in [0.5, 0.6) is 0 Å². The second-order valence-corrected chi connectivity index (χ2v) is 5.46. The third kappa shape index (κ3) is 1.69. The first-order chi connectivity index (χ1) is 8.61. The lowest BCUT2D eigenvalue weighted by atomic mass is 10.1. The number of hydrogen-bond acceptors (Lipinski definition) is 3. The fraction of sp³-hybridized carbons (Fsp3) is 0.692. The fourth-order valence-corrected chi connectivity index (χ4v) is 2.83. The van der Waals surface area contributed by atoms with E-state index in [0.717, 1.165) is 29.2 Å². The number of anilines is 1. The van der Waals surface area contributed by atoms with Crippen molar-refractivity contribution in [3.63, 3.8) is 0 Å². The van der Waals surface area contributed by atoms with Gasteiger partial charge in [0.25, 0.3) is 0 Å². The molecule has 2 aromatic heterocycles. The van der Waals surface area contributed by atoms with E-state index in [2.05, 4.69) is 28.5 Å². The van der Waals surface area contributed by atoms with Crippen molar-refractivity contribution in [3.05, 3.63) is 5.69 Å². The standard InChI is InChI=1S/C13H21N5/c1-4-10-11-12(17(3)16-10)18(13(14)15-11)8(2)7-9-5-6-9/h8-9H,4-7H2,1-3H3,(H2,14,15). The van der Waals surface area contributed by atoms with Crippen LogP contribution in [-0.2, 0) is 13.5 Å². The van der Waals surface area contributed by atoms with E-state index >= 15 is 0 Å². The molecule has 2 N–H and O–H groups in total. The van der Waals surface area contributed by atoms with Gasteiger partial charge in [0.1, 0.15) is 5.52 Å².